The van der Waals surface area contributed by atoms with Crippen molar-refractivity contribution >= 4 is 5.95 Å². The van der Waals surface area contributed by atoms with E-state index in [1.165, 1.54) is 0 Å². The molecule has 7 nitrogen and oxygen atoms in total. The first kappa shape index (κ1) is 7.71. The number of aromatic amines is 1. The fourth-order valence-corrected chi connectivity index (χ4v) is 0.988. The number of nitrogens with two attached hydrogens (primary N) is 1. The molecule has 0 unspecified atom stereocenters. The molecule has 0 radical (unpaired) electrons. The van der Waals surface area contributed by atoms with Crippen LogP contribution in [0.3, 0.4) is 0 Å². The van der Waals surface area contributed by atoms with Crippen LogP contribution in [0, 0.1) is 6.92 Å². The molecular formula is C6H9N7. The van der Waals surface area contributed by atoms with Crippen molar-refractivity contribution in [1.82, 2.24) is 29.9 Å². The van der Waals surface area contributed by atoms with Crippen LogP contribution >= 0.6 is 0 Å². The van der Waals surface area contributed by atoms with Crippen molar-refractivity contribution < 1.29 is 0 Å². The Morgan fingerprint density at radius 3 is 2.62 bits per heavy atom. The molecule has 2 rings (SSSR count). The van der Waals surface area contributed by atoms with E-state index in [1.54, 1.807) is 4.57 Å². The third-order valence-corrected chi connectivity index (χ3v) is 1.81. The number of nitrogens with zero attached hydrogens (tertiary/aromatic N) is 5. The van der Waals surface area contributed by atoms with Gasteiger partial charge in [-0.25, -0.2) is 0 Å². The summed E-state index contributed by atoms with van der Waals surface area (Å²) in [5.41, 5.74) is 5.36. The molecule has 2 aromatic heterocycles. The molecule has 0 aliphatic heterocycles. The second-order valence-corrected chi connectivity index (χ2v) is 2.67. The maximum atomic E-state index is 5.36. The van der Waals surface area contributed by atoms with E-state index in [2.05, 4.69) is 25.4 Å². The van der Waals surface area contributed by atoms with Gasteiger partial charge in [-0.15, -0.1) is 15.3 Å². The van der Waals surface area contributed by atoms with E-state index >= 15 is 0 Å². The molecule has 0 spiro atoms. The predicted octanol–water partition coefficient (Wildman–Crippen LogP) is -0.509. The summed E-state index contributed by atoms with van der Waals surface area (Å²) in [5.74, 6) is 2.17. The lowest BCUT2D eigenvalue weighted by Crippen LogP contribution is -1.96. The highest BCUT2D eigenvalue weighted by Crippen LogP contribution is 2.11. The van der Waals surface area contributed by atoms with Crippen LogP contribution in [0.15, 0.2) is 0 Å². The average molecular weight is 179 g/mol. The molecule has 2 aromatic rings. The minimum Gasteiger partial charge on any atom is -0.366 e. The Morgan fingerprint density at radius 2 is 2.15 bits per heavy atom. The van der Waals surface area contributed by atoms with Crippen molar-refractivity contribution in [2.75, 3.05) is 5.73 Å². The van der Waals surface area contributed by atoms with Crippen molar-refractivity contribution in [1.29, 1.82) is 0 Å². The van der Waals surface area contributed by atoms with Crippen molar-refractivity contribution in [3.8, 4) is 11.6 Å². The number of nitrogen functional groups attached to an aromatic ring is 1. The molecule has 13 heavy (non-hydrogen) atoms. The van der Waals surface area contributed by atoms with Gasteiger partial charge in [0.25, 0.3) is 0 Å². The molecule has 0 bridgehead atoms. The zero-order chi connectivity index (χ0) is 9.42. The smallest absolute Gasteiger partial charge is 0.239 e. The Labute approximate surface area is 74.0 Å². The van der Waals surface area contributed by atoms with Gasteiger partial charge in [0.05, 0.1) is 0 Å². The standard InChI is InChI=1S/C6H9N7/c1-3-9-11-5(13(3)2)4-8-6(7)12-10-4/h1-2H3,(H3,7,8,10,12). The molecule has 68 valence electrons. The van der Waals surface area contributed by atoms with Crippen LogP contribution in [0.2, 0.25) is 0 Å². The highest BCUT2D eigenvalue weighted by atomic mass is 15.3. The monoisotopic (exact) mass is 179 g/mol. The van der Waals surface area contributed by atoms with Crippen molar-refractivity contribution in [3.63, 3.8) is 0 Å². The van der Waals surface area contributed by atoms with Crippen LogP contribution in [0.25, 0.3) is 11.6 Å². The van der Waals surface area contributed by atoms with Gasteiger partial charge >= 0.3 is 0 Å². The predicted molar refractivity (Wildman–Crippen MR) is 45.5 cm³/mol. The van der Waals surface area contributed by atoms with E-state index in [1.807, 2.05) is 14.0 Å². The first-order chi connectivity index (χ1) is 6.18. The van der Waals surface area contributed by atoms with E-state index in [0.29, 0.717) is 11.6 Å². The summed E-state index contributed by atoms with van der Waals surface area (Å²) in [5, 5.41) is 14.2. The van der Waals surface area contributed by atoms with Gasteiger partial charge in [0.1, 0.15) is 5.82 Å². The molecular weight excluding hydrogens is 170 g/mol. The number of aryl methyl sites for hydroxylation is 1. The normalized spacial score (nSPS) is 10.6. The highest BCUT2D eigenvalue weighted by molar-refractivity contribution is 5.44. The number of hydrogen-bond acceptors (Lipinski definition) is 5. The van der Waals surface area contributed by atoms with Crippen LogP contribution < -0.4 is 5.73 Å². The Bertz CT molecular complexity index is 426. The van der Waals surface area contributed by atoms with Gasteiger partial charge in [-0.3, -0.25) is 5.10 Å². The molecule has 0 aliphatic rings. The molecule has 7 heteroatoms. The lowest BCUT2D eigenvalue weighted by Gasteiger charge is -1.95. The fourth-order valence-electron chi connectivity index (χ4n) is 0.988. The topological polar surface area (TPSA) is 98.3 Å². The summed E-state index contributed by atoms with van der Waals surface area (Å²) in [7, 11) is 1.85. The van der Waals surface area contributed by atoms with Crippen LogP contribution in [0.5, 0.6) is 0 Å². The molecule has 0 amide bonds. The second-order valence-electron chi connectivity index (χ2n) is 2.67. The Hall–Kier alpha value is -1.92. The zero-order valence-electron chi connectivity index (χ0n) is 7.31. The van der Waals surface area contributed by atoms with Crippen LogP contribution in [-0.4, -0.2) is 29.9 Å². The van der Waals surface area contributed by atoms with Crippen LogP contribution in [0.4, 0.5) is 5.95 Å². The molecule has 0 aromatic carbocycles. The molecule has 2 heterocycles. The first-order valence-electron chi connectivity index (χ1n) is 3.72. The van der Waals surface area contributed by atoms with Gasteiger partial charge in [0.15, 0.2) is 5.82 Å². The largest absolute Gasteiger partial charge is 0.366 e. The quantitative estimate of drug-likeness (QED) is 0.614. The van der Waals surface area contributed by atoms with Gasteiger partial charge in [0.2, 0.25) is 11.8 Å². The number of H-pyrrole nitrogens is 1. The maximum absolute atomic E-state index is 5.36. The zero-order valence-corrected chi connectivity index (χ0v) is 7.31. The van der Waals surface area contributed by atoms with Crippen LogP contribution in [-0.2, 0) is 7.05 Å². The number of anilines is 1. The molecule has 3 N–H and O–H groups in total. The average Bonchev–Trinajstić information content (AvgIpc) is 2.62. The maximum Gasteiger partial charge on any atom is 0.239 e. The summed E-state index contributed by atoms with van der Waals surface area (Å²) < 4.78 is 1.81. The number of aromatic nitrogens is 6. The number of hydrogen-bond donors (Lipinski definition) is 2. The van der Waals surface area contributed by atoms with Gasteiger partial charge < -0.3 is 10.3 Å². The van der Waals surface area contributed by atoms with Gasteiger partial charge in [0, 0.05) is 7.05 Å². The summed E-state index contributed by atoms with van der Waals surface area (Å²) in [6.45, 7) is 1.86. The minimum atomic E-state index is 0.204. The van der Waals surface area contributed by atoms with E-state index in [0.717, 1.165) is 5.82 Å². The third kappa shape index (κ3) is 1.13. The lowest BCUT2D eigenvalue weighted by atomic mass is 10.5. The molecule has 0 fully saturated rings. The number of rotatable bonds is 1. The van der Waals surface area contributed by atoms with Crippen molar-refractivity contribution in [2.24, 2.45) is 7.05 Å². The first-order valence-corrected chi connectivity index (χ1v) is 3.72. The fraction of sp³-hybridized carbons (Fsp3) is 0.333. The molecule has 0 atom stereocenters. The van der Waals surface area contributed by atoms with Crippen LogP contribution in [0.1, 0.15) is 5.82 Å². The number of nitrogens with one attached hydrogen (secondary N) is 1. The summed E-state index contributed by atoms with van der Waals surface area (Å²) in [6, 6.07) is 0. The lowest BCUT2D eigenvalue weighted by molar-refractivity contribution is 0.857. The van der Waals surface area contributed by atoms with Gasteiger partial charge in [-0.2, -0.15) is 4.98 Å². The van der Waals surface area contributed by atoms with E-state index < -0.39 is 0 Å². The van der Waals surface area contributed by atoms with E-state index in [4.69, 9.17) is 5.73 Å². The molecule has 0 saturated carbocycles. The summed E-state index contributed by atoms with van der Waals surface area (Å²) in [4.78, 5) is 3.94. The Morgan fingerprint density at radius 1 is 1.38 bits per heavy atom. The summed E-state index contributed by atoms with van der Waals surface area (Å²) in [6.07, 6.45) is 0. The van der Waals surface area contributed by atoms with Crippen molar-refractivity contribution in [2.45, 2.75) is 6.92 Å². The highest BCUT2D eigenvalue weighted by Gasteiger charge is 2.10. The minimum absolute atomic E-state index is 0.204. The molecule has 0 saturated heterocycles. The van der Waals surface area contributed by atoms with E-state index in [-0.39, 0.29) is 5.95 Å². The van der Waals surface area contributed by atoms with Crippen molar-refractivity contribution in [3.05, 3.63) is 5.82 Å². The Balaban J connectivity index is 2.52. The SMILES string of the molecule is Cc1nnc(-c2nc(N)n[nH]2)n1C. The van der Waals surface area contributed by atoms with Gasteiger partial charge in [-0.1, -0.05) is 0 Å². The van der Waals surface area contributed by atoms with E-state index in [9.17, 15) is 0 Å². The third-order valence-electron chi connectivity index (χ3n) is 1.81. The molecule has 0 aliphatic carbocycles. The Kier molecular flexibility index (Phi) is 1.51. The second kappa shape index (κ2) is 2.54. The van der Waals surface area contributed by atoms with Gasteiger partial charge in [-0.05, 0) is 6.92 Å². The summed E-state index contributed by atoms with van der Waals surface area (Å²) >= 11 is 0.